The molecule has 0 radical (unpaired) electrons. The Morgan fingerprint density at radius 2 is 1.71 bits per heavy atom. The van der Waals surface area contributed by atoms with Crippen LogP contribution in [0.4, 0.5) is 6.01 Å². The van der Waals surface area contributed by atoms with Crippen LogP contribution in [-0.2, 0) is 6.54 Å². The molecule has 184 valence electrons. The van der Waals surface area contributed by atoms with Gasteiger partial charge in [0.25, 0.3) is 6.01 Å². The van der Waals surface area contributed by atoms with Crippen molar-refractivity contribution in [1.29, 1.82) is 0 Å². The molecule has 1 aliphatic rings. The summed E-state index contributed by atoms with van der Waals surface area (Å²) in [5, 5.41) is 4.12. The highest BCUT2D eigenvalue weighted by atomic mass is 35.5. The van der Waals surface area contributed by atoms with E-state index in [1.54, 1.807) is 0 Å². The maximum absolute atomic E-state index is 6.07. The summed E-state index contributed by atoms with van der Waals surface area (Å²) < 4.78 is 20.0. The number of piperidine rings is 1. The average Bonchev–Trinajstić information content (AvgIpc) is 3.50. The highest BCUT2D eigenvalue weighted by molar-refractivity contribution is 6.31. The van der Waals surface area contributed by atoms with Crippen LogP contribution in [0, 0.1) is 0 Å². The van der Waals surface area contributed by atoms with Crippen LogP contribution in [-0.4, -0.2) is 46.8 Å². The third-order valence-corrected chi connectivity index (χ3v) is 6.47. The van der Waals surface area contributed by atoms with Crippen LogP contribution < -0.4 is 14.8 Å². The molecule has 8 heteroatoms. The molecule has 3 heterocycles. The quantitative estimate of drug-likeness (QED) is 0.301. The number of benzene rings is 2. The maximum Gasteiger partial charge on any atom is 0.295 e. The summed E-state index contributed by atoms with van der Waals surface area (Å²) in [6.07, 6.45) is 6.06. The maximum atomic E-state index is 6.07. The predicted molar refractivity (Wildman–Crippen MR) is 139 cm³/mol. The van der Waals surface area contributed by atoms with Gasteiger partial charge in [-0.2, -0.15) is 4.98 Å². The van der Waals surface area contributed by atoms with E-state index in [9.17, 15) is 0 Å². The number of aromatic nitrogens is 2. The van der Waals surface area contributed by atoms with Crippen LogP contribution in [0.3, 0.4) is 0 Å². The van der Waals surface area contributed by atoms with Gasteiger partial charge < -0.3 is 23.8 Å². The molecule has 1 N–H and O–H groups in total. The summed E-state index contributed by atoms with van der Waals surface area (Å²) in [6, 6.07) is 14.7. The Kier molecular flexibility index (Phi) is 7.16. The molecule has 0 spiro atoms. The standard InChI is InChI=1S/C27H31ClN4O3/c1-3-33-24-15-19(16-25(34-4-2)26(24)32-11-5-6-12-32)18-31-13-9-21(10-14-31)29-27-30-22-17-20(28)7-8-23(22)35-27/h5-8,11-12,15-17,21H,3-4,9-10,13-14,18H2,1-2H3,(H,29,30). The van der Waals surface area contributed by atoms with Crippen molar-refractivity contribution in [2.24, 2.45) is 0 Å². The van der Waals surface area contributed by atoms with Crippen molar-refractivity contribution >= 4 is 28.7 Å². The van der Waals surface area contributed by atoms with E-state index in [4.69, 9.17) is 25.5 Å². The van der Waals surface area contributed by atoms with Gasteiger partial charge in [-0.3, -0.25) is 4.90 Å². The molecule has 2 aromatic heterocycles. The molecular formula is C27H31ClN4O3. The molecule has 0 saturated carbocycles. The first-order chi connectivity index (χ1) is 17.1. The van der Waals surface area contributed by atoms with Gasteiger partial charge in [-0.05, 0) is 74.7 Å². The van der Waals surface area contributed by atoms with E-state index in [1.165, 1.54) is 5.56 Å². The molecule has 7 nitrogen and oxygen atoms in total. The van der Waals surface area contributed by atoms with Gasteiger partial charge in [0.2, 0.25) is 0 Å². The van der Waals surface area contributed by atoms with E-state index < -0.39 is 0 Å². The largest absolute Gasteiger partial charge is 0.492 e. The number of nitrogens with one attached hydrogen (secondary N) is 1. The van der Waals surface area contributed by atoms with Crippen molar-refractivity contribution < 1.29 is 13.9 Å². The third kappa shape index (κ3) is 5.41. The van der Waals surface area contributed by atoms with Gasteiger partial charge in [-0.1, -0.05) is 11.6 Å². The lowest BCUT2D eigenvalue weighted by Gasteiger charge is -2.32. The van der Waals surface area contributed by atoms with Gasteiger partial charge in [-0.15, -0.1) is 0 Å². The number of halogens is 1. The minimum Gasteiger partial charge on any atom is -0.492 e. The Morgan fingerprint density at radius 3 is 2.37 bits per heavy atom. The van der Waals surface area contributed by atoms with Crippen LogP contribution in [0.2, 0.25) is 5.02 Å². The fourth-order valence-corrected chi connectivity index (χ4v) is 4.79. The minimum absolute atomic E-state index is 0.323. The average molecular weight is 495 g/mol. The lowest BCUT2D eigenvalue weighted by molar-refractivity contribution is 0.209. The molecular weight excluding hydrogens is 464 g/mol. The zero-order valence-electron chi connectivity index (χ0n) is 20.2. The van der Waals surface area contributed by atoms with Gasteiger partial charge in [0, 0.05) is 43.1 Å². The van der Waals surface area contributed by atoms with Crippen LogP contribution in [0.1, 0.15) is 32.3 Å². The monoisotopic (exact) mass is 494 g/mol. The van der Waals surface area contributed by atoms with E-state index in [2.05, 4.69) is 31.9 Å². The molecule has 5 rings (SSSR count). The van der Waals surface area contributed by atoms with Gasteiger partial charge >= 0.3 is 0 Å². The highest BCUT2D eigenvalue weighted by Crippen LogP contribution is 2.35. The van der Waals surface area contributed by atoms with Gasteiger partial charge in [-0.25, -0.2) is 0 Å². The van der Waals surface area contributed by atoms with Gasteiger partial charge in [0.05, 0.1) is 13.2 Å². The first kappa shape index (κ1) is 23.6. The topological polar surface area (TPSA) is 64.7 Å². The Bertz CT molecular complexity index is 1240. The highest BCUT2D eigenvalue weighted by Gasteiger charge is 2.22. The molecule has 4 aromatic rings. The summed E-state index contributed by atoms with van der Waals surface area (Å²) >= 11 is 6.07. The predicted octanol–water partition coefficient (Wildman–Crippen LogP) is 6.15. The zero-order chi connectivity index (χ0) is 24.2. The fourth-order valence-electron chi connectivity index (χ4n) is 4.63. The van der Waals surface area contributed by atoms with E-state index in [-0.39, 0.29) is 0 Å². The SMILES string of the molecule is CCOc1cc(CN2CCC(Nc3nc4cc(Cl)ccc4o3)CC2)cc(OCC)c1-n1cccc1. The summed E-state index contributed by atoms with van der Waals surface area (Å²) in [6.45, 7) is 8.03. The number of hydrogen-bond acceptors (Lipinski definition) is 6. The number of ether oxygens (including phenoxy) is 2. The molecule has 0 atom stereocenters. The van der Waals surface area contributed by atoms with Gasteiger partial charge in [0.1, 0.15) is 22.7 Å². The normalized spacial score (nSPS) is 14.9. The first-order valence-corrected chi connectivity index (χ1v) is 12.6. The summed E-state index contributed by atoms with van der Waals surface area (Å²) in [7, 11) is 0. The van der Waals surface area contributed by atoms with E-state index in [0.717, 1.165) is 60.8 Å². The van der Waals surface area contributed by atoms with Crippen LogP contribution in [0.15, 0.2) is 59.3 Å². The smallest absolute Gasteiger partial charge is 0.295 e. The molecule has 0 unspecified atom stereocenters. The van der Waals surface area contributed by atoms with Crippen molar-refractivity contribution in [1.82, 2.24) is 14.5 Å². The van der Waals surface area contributed by atoms with Gasteiger partial charge in [0.15, 0.2) is 5.58 Å². The van der Waals surface area contributed by atoms with Crippen molar-refractivity contribution in [3.05, 3.63) is 65.4 Å². The number of hydrogen-bond donors (Lipinski definition) is 1. The summed E-state index contributed by atoms with van der Waals surface area (Å²) in [5.41, 5.74) is 3.66. The molecule has 0 aliphatic carbocycles. The summed E-state index contributed by atoms with van der Waals surface area (Å²) in [4.78, 5) is 7.00. The van der Waals surface area contributed by atoms with E-state index in [1.807, 2.05) is 56.6 Å². The van der Waals surface area contributed by atoms with Crippen molar-refractivity contribution in [3.8, 4) is 17.2 Å². The molecule has 35 heavy (non-hydrogen) atoms. The molecule has 1 fully saturated rings. The second-order valence-electron chi connectivity index (χ2n) is 8.72. The van der Waals surface area contributed by atoms with Crippen LogP contribution >= 0.6 is 11.6 Å². The van der Waals surface area contributed by atoms with E-state index in [0.29, 0.717) is 30.3 Å². The van der Waals surface area contributed by atoms with Crippen molar-refractivity contribution in [2.45, 2.75) is 39.3 Å². The number of likely N-dealkylation sites (tertiary alicyclic amines) is 1. The molecule has 1 saturated heterocycles. The Balaban J connectivity index is 1.25. The third-order valence-electron chi connectivity index (χ3n) is 6.23. The molecule has 0 bridgehead atoms. The number of fused-ring (bicyclic) bond motifs is 1. The zero-order valence-corrected chi connectivity index (χ0v) is 20.9. The Hall–Kier alpha value is -3.16. The lowest BCUT2D eigenvalue weighted by atomic mass is 10.0. The van der Waals surface area contributed by atoms with Crippen molar-refractivity contribution in [2.75, 3.05) is 31.6 Å². The molecule has 0 amide bonds. The van der Waals surface area contributed by atoms with Crippen LogP contribution in [0.5, 0.6) is 11.5 Å². The number of oxazole rings is 1. The Morgan fingerprint density at radius 1 is 1.03 bits per heavy atom. The number of nitrogens with zero attached hydrogens (tertiary/aromatic N) is 3. The Labute approximate surface area is 210 Å². The molecule has 1 aliphatic heterocycles. The second kappa shape index (κ2) is 10.6. The lowest BCUT2D eigenvalue weighted by Crippen LogP contribution is -2.38. The first-order valence-electron chi connectivity index (χ1n) is 12.2. The summed E-state index contributed by atoms with van der Waals surface area (Å²) in [5.74, 6) is 1.69. The fraction of sp³-hybridized carbons (Fsp3) is 0.370. The molecule has 2 aromatic carbocycles. The minimum atomic E-state index is 0.323. The van der Waals surface area contributed by atoms with Crippen molar-refractivity contribution in [3.63, 3.8) is 0 Å². The van der Waals surface area contributed by atoms with E-state index >= 15 is 0 Å². The number of anilines is 1. The number of rotatable bonds is 9. The second-order valence-corrected chi connectivity index (χ2v) is 9.16. The van der Waals surface area contributed by atoms with Crippen LogP contribution in [0.25, 0.3) is 16.8 Å².